The Hall–Kier alpha value is -1.73. The van der Waals surface area contributed by atoms with E-state index in [1.165, 1.54) is 19.3 Å². The van der Waals surface area contributed by atoms with Gasteiger partial charge in [-0.25, -0.2) is 5.43 Å². The normalized spacial score (nSPS) is 30.1. The number of carbonyl (C=O) groups is 1. The maximum atomic E-state index is 13.0. The van der Waals surface area contributed by atoms with Gasteiger partial charge < -0.3 is 9.80 Å². The van der Waals surface area contributed by atoms with E-state index in [-0.39, 0.29) is 11.9 Å². The average molecular weight is 344 g/mol. The zero-order valence-corrected chi connectivity index (χ0v) is 14.9. The van der Waals surface area contributed by atoms with Crippen molar-refractivity contribution in [2.45, 2.75) is 56.7 Å². The van der Waals surface area contributed by atoms with Crippen molar-refractivity contribution in [1.82, 2.24) is 25.9 Å². The summed E-state index contributed by atoms with van der Waals surface area (Å²) in [6, 6.07) is 4.75. The molecule has 3 aliphatic rings. The molecule has 0 radical (unpaired) electrons. The molecular formula is C18H28N6O. The summed E-state index contributed by atoms with van der Waals surface area (Å²) in [5.41, 5.74) is 6.64. The lowest BCUT2D eigenvalue weighted by Crippen LogP contribution is -2.52. The van der Waals surface area contributed by atoms with Crippen LogP contribution in [0.1, 0.15) is 38.5 Å². The second kappa shape index (κ2) is 7.25. The minimum Gasteiger partial charge on any atom is -0.355 e. The van der Waals surface area contributed by atoms with Gasteiger partial charge in [0.2, 0.25) is 5.91 Å². The number of hydrogen-bond donors (Lipinski definition) is 2. The molecule has 3 heterocycles. The Labute approximate surface area is 149 Å². The van der Waals surface area contributed by atoms with Crippen LogP contribution in [-0.2, 0) is 4.79 Å². The van der Waals surface area contributed by atoms with Crippen LogP contribution in [0.3, 0.4) is 0 Å². The van der Waals surface area contributed by atoms with E-state index < -0.39 is 0 Å². The zero-order valence-electron chi connectivity index (χ0n) is 14.9. The van der Waals surface area contributed by atoms with Crippen molar-refractivity contribution in [3.8, 4) is 0 Å². The first kappa shape index (κ1) is 16.7. The minimum absolute atomic E-state index is 0.0421. The second-order valence-corrected chi connectivity index (χ2v) is 7.57. The summed E-state index contributed by atoms with van der Waals surface area (Å²) in [5.74, 6) is 1.64. The summed E-state index contributed by atoms with van der Waals surface area (Å²) in [5, 5.41) is 8.16. The standard InChI is InChI=1S/C18H28N6O/c1-23(16-7-4-10-19-21-16)13-8-11-24(12-9-13)18(25)17-14-5-2-3-6-15(14)20-22-17/h4,7,10,13-15,17,20,22H,2-3,5-6,8-9,11-12H2,1H3. The van der Waals surface area contributed by atoms with E-state index in [2.05, 4.69) is 37.9 Å². The highest BCUT2D eigenvalue weighted by atomic mass is 16.2. The van der Waals surface area contributed by atoms with Gasteiger partial charge in [0.25, 0.3) is 0 Å². The summed E-state index contributed by atoms with van der Waals surface area (Å²) in [6.45, 7) is 1.65. The van der Waals surface area contributed by atoms with Gasteiger partial charge in [-0.05, 0) is 37.8 Å². The van der Waals surface area contributed by atoms with Crippen molar-refractivity contribution in [1.29, 1.82) is 0 Å². The number of fused-ring (bicyclic) bond motifs is 1. The predicted molar refractivity (Wildman–Crippen MR) is 95.8 cm³/mol. The molecule has 0 aromatic carbocycles. The lowest BCUT2D eigenvalue weighted by Gasteiger charge is -2.38. The molecule has 25 heavy (non-hydrogen) atoms. The predicted octanol–water partition coefficient (Wildman–Crippen LogP) is 0.939. The van der Waals surface area contributed by atoms with Crippen molar-refractivity contribution in [2.24, 2.45) is 5.92 Å². The Balaban J connectivity index is 1.33. The highest BCUT2D eigenvalue weighted by Crippen LogP contribution is 2.31. The molecule has 1 saturated carbocycles. The van der Waals surface area contributed by atoms with E-state index in [9.17, 15) is 4.79 Å². The molecule has 7 nitrogen and oxygen atoms in total. The van der Waals surface area contributed by atoms with Crippen LogP contribution >= 0.6 is 0 Å². The van der Waals surface area contributed by atoms with Crippen LogP contribution in [0.4, 0.5) is 5.82 Å². The molecule has 136 valence electrons. The van der Waals surface area contributed by atoms with Crippen LogP contribution in [0, 0.1) is 5.92 Å². The Morgan fingerprint density at radius 3 is 2.76 bits per heavy atom. The third-order valence-electron chi connectivity index (χ3n) is 6.18. The van der Waals surface area contributed by atoms with Gasteiger partial charge in [0.05, 0.1) is 0 Å². The number of rotatable bonds is 3. The topological polar surface area (TPSA) is 73.4 Å². The van der Waals surface area contributed by atoms with Gasteiger partial charge in [0, 0.05) is 44.3 Å². The number of likely N-dealkylation sites (tertiary alicyclic amines) is 1. The van der Waals surface area contributed by atoms with Gasteiger partial charge >= 0.3 is 0 Å². The summed E-state index contributed by atoms with van der Waals surface area (Å²) in [6.07, 6.45) is 8.52. The van der Waals surface area contributed by atoms with E-state index in [1.807, 2.05) is 12.1 Å². The molecule has 0 spiro atoms. The SMILES string of the molecule is CN(c1cccnn1)C1CCN(C(=O)C2NNC3CCCCC32)CC1. The van der Waals surface area contributed by atoms with Gasteiger partial charge in [-0.1, -0.05) is 12.8 Å². The molecule has 1 aliphatic carbocycles. The summed E-state index contributed by atoms with van der Waals surface area (Å²) < 4.78 is 0. The Morgan fingerprint density at radius 1 is 1.20 bits per heavy atom. The van der Waals surface area contributed by atoms with Crippen molar-refractivity contribution in [3.63, 3.8) is 0 Å². The number of aromatic nitrogens is 2. The molecule has 3 atom stereocenters. The number of hydrogen-bond acceptors (Lipinski definition) is 6. The molecule has 1 aromatic heterocycles. The molecule has 2 saturated heterocycles. The fourth-order valence-corrected chi connectivity index (χ4v) is 4.63. The molecule has 2 N–H and O–H groups in total. The van der Waals surface area contributed by atoms with Gasteiger partial charge in [-0.15, -0.1) is 5.10 Å². The molecule has 4 rings (SSSR count). The van der Waals surface area contributed by atoms with E-state index >= 15 is 0 Å². The molecule has 0 bridgehead atoms. The molecule has 3 unspecified atom stereocenters. The quantitative estimate of drug-likeness (QED) is 0.850. The fourth-order valence-electron chi connectivity index (χ4n) is 4.63. The van der Waals surface area contributed by atoms with Gasteiger partial charge in [-0.2, -0.15) is 5.10 Å². The molecule has 3 fully saturated rings. The maximum absolute atomic E-state index is 13.0. The fraction of sp³-hybridized carbons (Fsp3) is 0.722. The maximum Gasteiger partial charge on any atom is 0.241 e. The number of nitrogens with zero attached hydrogens (tertiary/aromatic N) is 4. The summed E-state index contributed by atoms with van der Waals surface area (Å²) >= 11 is 0. The number of amides is 1. The zero-order chi connectivity index (χ0) is 17.2. The Kier molecular flexibility index (Phi) is 4.85. The lowest BCUT2D eigenvalue weighted by molar-refractivity contribution is -0.135. The van der Waals surface area contributed by atoms with Crippen LogP contribution in [0.25, 0.3) is 0 Å². The molecule has 1 aromatic rings. The van der Waals surface area contributed by atoms with Crippen LogP contribution < -0.4 is 15.8 Å². The smallest absolute Gasteiger partial charge is 0.241 e. The minimum atomic E-state index is -0.0421. The molecular weight excluding hydrogens is 316 g/mol. The molecule has 2 aliphatic heterocycles. The third kappa shape index (κ3) is 3.35. The Morgan fingerprint density at radius 2 is 2.00 bits per heavy atom. The van der Waals surface area contributed by atoms with Crippen molar-refractivity contribution in [3.05, 3.63) is 18.3 Å². The van der Waals surface area contributed by atoms with Crippen molar-refractivity contribution < 1.29 is 4.79 Å². The van der Waals surface area contributed by atoms with E-state index in [0.29, 0.717) is 18.0 Å². The Bertz CT molecular complexity index is 588. The second-order valence-electron chi connectivity index (χ2n) is 7.57. The third-order valence-corrected chi connectivity index (χ3v) is 6.18. The number of carbonyl (C=O) groups excluding carboxylic acids is 1. The van der Waals surface area contributed by atoms with Crippen LogP contribution in [0.15, 0.2) is 18.3 Å². The first-order chi connectivity index (χ1) is 12.2. The monoisotopic (exact) mass is 344 g/mol. The number of hydrazine groups is 1. The average Bonchev–Trinajstić information content (AvgIpc) is 3.12. The highest BCUT2D eigenvalue weighted by molar-refractivity contribution is 5.82. The molecule has 1 amide bonds. The van der Waals surface area contributed by atoms with Gasteiger partial charge in [0.15, 0.2) is 5.82 Å². The van der Waals surface area contributed by atoms with Gasteiger partial charge in [0.1, 0.15) is 6.04 Å². The van der Waals surface area contributed by atoms with Crippen molar-refractivity contribution in [2.75, 3.05) is 25.0 Å². The number of nitrogens with one attached hydrogen (secondary N) is 2. The lowest BCUT2D eigenvalue weighted by atomic mass is 9.81. The van der Waals surface area contributed by atoms with Gasteiger partial charge in [-0.3, -0.25) is 10.2 Å². The largest absolute Gasteiger partial charge is 0.355 e. The van der Waals surface area contributed by atoms with E-state index in [0.717, 1.165) is 38.2 Å². The summed E-state index contributed by atoms with van der Waals surface area (Å²) in [7, 11) is 2.07. The first-order valence-electron chi connectivity index (χ1n) is 9.54. The number of anilines is 1. The molecule has 7 heteroatoms. The van der Waals surface area contributed by atoms with Crippen molar-refractivity contribution >= 4 is 11.7 Å². The highest BCUT2D eigenvalue weighted by Gasteiger charge is 2.43. The van der Waals surface area contributed by atoms with Crippen LogP contribution in [0.2, 0.25) is 0 Å². The van der Waals surface area contributed by atoms with Crippen LogP contribution in [0.5, 0.6) is 0 Å². The number of piperidine rings is 1. The first-order valence-corrected chi connectivity index (χ1v) is 9.54. The van der Waals surface area contributed by atoms with Crippen LogP contribution in [-0.4, -0.2) is 59.3 Å². The van der Waals surface area contributed by atoms with E-state index in [4.69, 9.17) is 0 Å². The summed E-state index contributed by atoms with van der Waals surface area (Å²) in [4.78, 5) is 17.2. The van der Waals surface area contributed by atoms with E-state index in [1.54, 1.807) is 6.20 Å².